The van der Waals surface area contributed by atoms with E-state index >= 15 is 0 Å². The molecule has 0 spiro atoms. The van der Waals surface area contributed by atoms with Crippen LogP contribution in [0.5, 0.6) is 0 Å². The van der Waals surface area contributed by atoms with Crippen molar-refractivity contribution in [3.05, 3.63) is 5.82 Å². The number of anilines is 1. The summed E-state index contributed by atoms with van der Waals surface area (Å²) in [5.74, 6) is 0.998. The fourth-order valence-corrected chi connectivity index (χ4v) is 3.13. The van der Waals surface area contributed by atoms with Crippen molar-refractivity contribution >= 4 is 32.6 Å². The maximum Gasteiger partial charge on any atom is 0.205 e. The summed E-state index contributed by atoms with van der Waals surface area (Å²) in [6.07, 6.45) is 4.42. The molecule has 5 heteroatoms. The van der Waals surface area contributed by atoms with E-state index in [2.05, 4.69) is 51.0 Å². The third-order valence-corrected chi connectivity index (χ3v) is 4.03. The van der Waals surface area contributed by atoms with Gasteiger partial charge in [0.1, 0.15) is 5.82 Å². The number of hydrogen-bond donors (Lipinski definition) is 0. The fourth-order valence-electron chi connectivity index (χ4n) is 1.94. The Morgan fingerprint density at radius 3 is 2.53 bits per heavy atom. The van der Waals surface area contributed by atoms with Gasteiger partial charge in [-0.1, -0.05) is 36.7 Å². The van der Waals surface area contributed by atoms with Crippen LogP contribution in [0.1, 0.15) is 45.9 Å². The van der Waals surface area contributed by atoms with Crippen LogP contribution in [-0.2, 0) is 6.42 Å². The van der Waals surface area contributed by atoms with Crippen molar-refractivity contribution in [3.8, 4) is 0 Å². The monoisotopic (exact) mass is 319 g/mol. The van der Waals surface area contributed by atoms with E-state index in [0.29, 0.717) is 6.04 Å². The van der Waals surface area contributed by atoms with Crippen LogP contribution in [0.15, 0.2) is 0 Å². The molecule has 1 rings (SSSR count). The number of nitrogens with zero attached hydrogens (tertiary/aromatic N) is 3. The first-order valence-electron chi connectivity index (χ1n) is 6.41. The molecule has 0 bridgehead atoms. The van der Waals surface area contributed by atoms with Crippen molar-refractivity contribution in [2.75, 3.05) is 16.8 Å². The molecule has 1 heterocycles. The molecule has 98 valence electrons. The minimum Gasteiger partial charge on any atom is -0.343 e. The molecule has 0 radical (unpaired) electrons. The number of aryl methyl sites for hydroxylation is 1. The Balaban J connectivity index is 2.80. The van der Waals surface area contributed by atoms with Gasteiger partial charge in [0.25, 0.3) is 0 Å². The molecule has 17 heavy (non-hydrogen) atoms. The Labute approximate surface area is 117 Å². The zero-order valence-electron chi connectivity index (χ0n) is 10.9. The van der Waals surface area contributed by atoms with Crippen LogP contribution < -0.4 is 4.90 Å². The smallest absolute Gasteiger partial charge is 0.205 e. The summed E-state index contributed by atoms with van der Waals surface area (Å²) in [5, 5.41) is 2.06. The molecular formula is C12H22BrN3S. The molecule has 0 atom stereocenters. The van der Waals surface area contributed by atoms with Gasteiger partial charge in [-0.3, -0.25) is 0 Å². The van der Waals surface area contributed by atoms with Gasteiger partial charge in [0.05, 0.1) is 0 Å². The molecule has 1 aromatic heterocycles. The lowest BCUT2D eigenvalue weighted by Gasteiger charge is -2.29. The third kappa shape index (κ3) is 4.21. The first-order valence-corrected chi connectivity index (χ1v) is 8.31. The van der Waals surface area contributed by atoms with Crippen molar-refractivity contribution in [1.29, 1.82) is 0 Å². The summed E-state index contributed by atoms with van der Waals surface area (Å²) in [6.45, 7) is 7.65. The highest BCUT2D eigenvalue weighted by atomic mass is 79.9. The van der Waals surface area contributed by atoms with E-state index in [4.69, 9.17) is 0 Å². The minimum absolute atomic E-state index is 0.579. The second-order valence-electron chi connectivity index (χ2n) is 4.10. The van der Waals surface area contributed by atoms with E-state index < -0.39 is 0 Å². The first kappa shape index (κ1) is 14.9. The molecule has 0 aliphatic heterocycles. The summed E-state index contributed by atoms with van der Waals surface area (Å²) in [5.41, 5.74) is 0. The fraction of sp³-hybridized carbons (Fsp3) is 0.833. The van der Waals surface area contributed by atoms with Crippen molar-refractivity contribution in [2.45, 2.75) is 52.5 Å². The van der Waals surface area contributed by atoms with Crippen molar-refractivity contribution in [3.63, 3.8) is 0 Å². The number of hydrogen-bond acceptors (Lipinski definition) is 4. The lowest BCUT2D eigenvalue weighted by atomic mass is 10.1. The van der Waals surface area contributed by atoms with Gasteiger partial charge >= 0.3 is 0 Å². The highest BCUT2D eigenvalue weighted by molar-refractivity contribution is 9.09. The molecule has 0 amide bonds. The molecule has 3 nitrogen and oxygen atoms in total. The van der Waals surface area contributed by atoms with Gasteiger partial charge in [-0.25, -0.2) is 4.98 Å². The molecule has 0 aromatic carbocycles. The lowest BCUT2D eigenvalue weighted by Crippen LogP contribution is -2.36. The molecule has 0 saturated heterocycles. The summed E-state index contributed by atoms with van der Waals surface area (Å²) in [6, 6.07) is 0.579. The van der Waals surface area contributed by atoms with E-state index in [0.717, 1.165) is 48.5 Å². The number of rotatable bonds is 8. The number of alkyl halides is 1. The molecule has 0 unspecified atom stereocenters. The predicted molar refractivity (Wildman–Crippen MR) is 79.4 cm³/mol. The van der Waals surface area contributed by atoms with Crippen LogP contribution in [-0.4, -0.2) is 27.3 Å². The van der Waals surface area contributed by atoms with Gasteiger partial charge in [0.15, 0.2) is 0 Å². The Morgan fingerprint density at radius 1 is 1.29 bits per heavy atom. The molecule has 0 fully saturated rings. The molecule has 0 aliphatic rings. The molecular weight excluding hydrogens is 298 g/mol. The van der Waals surface area contributed by atoms with Crippen molar-refractivity contribution in [1.82, 2.24) is 9.36 Å². The van der Waals surface area contributed by atoms with E-state index in [1.165, 1.54) is 0 Å². The van der Waals surface area contributed by atoms with E-state index in [9.17, 15) is 0 Å². The molecule has 0 aliphatic carbocycles. The van der Waals surface area contributed by atoms with Gasteiger partial charge in [-0.2, -0.15) is 4.37 Å². The van der Waals surface area contributed by atoms with Crippen LogP contribution in [0.25, 0.3) is 0 Å². The topological polar surface area (TPSA) is 29.0 Å². The van der Waals surface area contributed by atoms with Gasteiger partial charge in [0.2, 0.25) is 5.13 Å². The maximum absolute atomic E-state index is 4.65. The van der Waals surface area contributed by atoms with Gasteiger partial charge in [-0.05, 0) is 19.3 Å². The summed E-state index contributed by atoms with van der Waals surface area (Å²) in [7, 11) is 0. The van der Waals surface area contributed by atoms with Crippen molar-refractivity contribution in [2.24, 2.45) is 0 Å². The Morgan fingerprint density at radius 2 is 2.00 bits per heavy atom. The molecule has 0 saturated carbocycles. The standard InChI is InChI=1S/C12H22BrN3S/c1-4-7-11-14-12(17-15-11)16(9-8-13)10(5-2)6-3/h10H,4-9H2,1-3H3. The van der Waals surface area contributed by atoms with Crippen LogP contribution in [0, 0.1) is 0 Å². The SMILES string of the molecule is CCCc1nsc(N(CCBr)C(CC)CC)n1. The highest BCUT2D eigenvalue weighted by Crippen LogP contribution is 2.23. The zero-order chi connectivity index (χ0) is 12.7. The second kappa shape index (κ2) is 8.03. The van der Waals surface area contributed by atoms with Crippen LogP contribution >= 0.6 is 27.5 Å². The van der Waals surface area contributed by atoms with Crippen LogP contribution in [0.3, 0.4) is 0 Å². The highest BCUT2D eigenvalue weighted by Gasteiger charge is 2.18. The largest absolute Gasteiger partial charge is 0.343 e. The molecule has 1 aromatic rings. The predicted octanol–water partition coefficient (Wildman–Crippen LogP) is 3.88. The Kier molecular flexibility index (Phi) is 7.04. The normalized spacial score (nSPS) is 11.1. The second-order valence-corrected chi connectivity index (χ2v) is 5.62. The van der Waals surface area contributed by atoms with Crippen LogP contribution in [0.2, 0.25) is 0 Å². The first-order chi connectivity index (χ1) is 8.26. The minimum atomic E-state index is 0.579. The summed E-state index contributed by atoms with van der Waals surface area (Å²) < 4.78 is 4.43. The lowest BCUT2D eigenvalue weighted by molar-refractivity contribution is 0.567. The molecule has 0 N–H and O–H groups in total. The van der Waals surface area contributed by atoms with E-state index in [-0.39, 0.29) is 0 Å². The summed E-state index contributed by atoms with van der Waals surface area (Å²) in [4.78, 5) is 7.04. The van der Waals surface area contributed by atoms with Gasteiger partial charge in [-0.15, -0.1) is 0 Å². The number of halogens is 1. The zero-order valence-corrected chi connectivity index (χ0v) is 13.4. The average molecular weight is 320 g/mol. The Bertz CT molecular complexity index is 312. The maximum atomic E-state index is 4.65. The van der Waals surface area contributed by atoms with Gasteiger partial charge < -0.3 is 4.90 Å². The third-order valence-electron chi connectivity index (χ3n) is 2.89. The van der Waals surface area contributed by atoms with E-state index in [1.807, 2.05) is 0 Å². The Hall–Kier alpha value is -0.160. The van der Waals surface area contributed by atoms with Crippen molar-refractivity contribution < 1.29 is 0 Å². The quantitative estimate of drug-likeness (QED) is 0.681. The summed E-state index contributed by atoms with van der Waals surface area (Å²) >= 11 is 5.07. The number of aromatic nitrogens is 2. The average Bonchev–Trinajstić information content (AvgIpc) is 2.78. The van der Waals surface area contributed by atoms with E-state index in [1.54, 1.807) is 11.5 Å². The van der Waals surface area contributed by atoms with Gasteiger partial charge in [0, 0.05) is 35.9 Å². The van der Waals surface area contributed by atoms with Crippen LogP contribution in [0.4, 0.5) is 5.13 Å².